The molecule has 0 radical (unpaired) electrons. The normalized spacial score (nSPS) is 28.3. The first-order valence-corrected chi connectivity index (χ1v) is 6.96. The van der Waals surface area contributed by atoms with Gasteiger partial charge < -0.3 is 10.2 Å². The third kappa shape index (κ3) is 5.86. The van der Waals surface area contributed by atoms with Gasteiger partial charge in [-0.05, 0) is 65.2 Å². The third-order valence-electron chi connectivity index (χ3n) is 3.81. The van der Waals surface area contributed by atoms with E-state index in [2.05, 4.69) is 38.2 Å². The van der Waals surface area contributed by atoms with E-state index in [1.54, 1.807) is 0 Å². The van der Waals surface area contributed by atoms with E-state index in [9.17, 15) is 0 Å². The summed E-state index contributed by atoms with van der Waals surface area (Å²) in [5.41, 5.74) is 0. The second-order valence-electron chi connectivity index (χ2n) is 6.04. The molecule has 0 aromatic heterocycles. The zero-order valence-electron chi connectivity index (χ0n) is 11.6. The summed E-state index contributed by atoms with van der Waals surface area (Å²) in [5, 5.41) is 3.70. The maximum absolute atomic E-state index is 3.70. The lowest BCUT2D eigenvalue weighted by atomic mass is 9.82. The first-order chi connectivity index (χ1) is 7.58. The van der Waals surface area contributed by atoms with Gasteiger partial charge in [-0.25, -0.2) is 0 Å². The monoisotopic (exact) mass is 226 g/mol. The molecule has 2 nitrogen and oxygen atoms in total. The van der Waals surface area contributed by atoms with Gasteiger partial charge in [-0.15, -0.1) is 0 Å². The number of hydrogen-bond donors (Lipinski definition) is 1. The molecule has 0 aliphatic heterocycles. The molecule has 0 aromatic carbocycles. The van der Waals surface area contributed by atoms with Crippen molar-refractivity contribution < 1.29 is 0 Å². The Morgan fingerprint density at radius 3 is 2.69 bits per heavy atom. The average molecular weight is 226 g/mol. The lowest BCUT2D eigenvalue weighted by molar-refractivity contribution is 0.263. The zero-order valence-corrected chi connectivity index (χ0v) is 11.6. The van der Waals surface area contributed by atoms with Crippen molar-refractivity contribution in [1.82, 2.24) is 10.2 Å². The van der Waals surface area contributed by atoms with Crippen molar-refractivity contribution in [1.29, 1.82) is 0 Å². The first kappa shape index (κ1) is 14.0. The van der Waals surface area contributed by atoms with Crippen molar-refractivity contribution in [2.45, 2.75) is 52.0 Å². The zero-order chi connectivity index (χ0) is 12.0. The van der Waals surface area contributed by atoms with Gasteiger partial charge in [0.2, 0.25) is 0 Å². The van der Waals surface area contributed by atoms with Crippen LogP contribution in [0, 0.1) is 11.8 Å². The van der Waals surface area contributed by atoms with Crippen molar-refractivity contribution in [3.05, 3.63) is 0 Å². The molecule has 3 atom stereocenters. The van der Waals surface area contributed by atoms with Gasteiger partial charge in [0.15, 0.2) is 0 Å². The minimum Gasteiger partial charge on any atom is -0.314 e. The molecule has 1 N–H and O–H groups in total. The second-order valence-corrected chi connectivity index (χ2v) is 6.04. The van der Waals surface area contributed by atoms with Gasteiger partial charge in [0.1, 0.15) is 0 Å². The summed E-state index contributed by atoms with van der Waals surface area (Å²) in [5.74, 6) is 1.89. The van der Waals surface area contributed by atoms with E-state index in [4.69, 9.17) is 0 Å². The molecule has 1 aliphatic rings. The largest absolute Gasteiger partial charge is 0.314 e. The van der Waals surface area contributed by atoms with Gasteiger partial charge in [0.05, 0.1) is 0 Å². The highest BCUT2D eigenvalue weighted by Gasteiger charge is 2.18. The number of nitrogens with one attached hydrogen (secondary N) is 1. The molecule has 1 fully saturated rings. The van der Waals surface area contributed by atoms with E-state index >= 15 is 0 Å². The Kier molecular flexibility index (Phi) is 6.37. The third-order valence-corrected chi connectivity index (χ3v) is 3.81. The molecule has 0 saturated heterocycles. The molecule has 0 bridgehead atoms. The molecule has 16 heavy (non-hydrogen) atoms. The van der Waals surface area contributed by atoms with Gasteiger partial charge in [-0.2, -0.15) is 0 Å². The first-order valence-electron chi connectivity index (χ1n) is 6.96. The van der Waals surface area contributed by atoms with Gasteiger partial charge in [0, 0.05) is 6.04 Å². The number of rotatable bonds is 6. The van der Waals surface area contributed by atoms with Crippen molar-refractivity contribution >= 4 is 0 Å². The van der Waals surface area contributed by atoms with Crippen molar-refractivity contribution in [2.75, 3.05) is 27.2 Å². The van der Waals surface area contributed by atoms with Crippen LogP contribution < -0.4 is 5.32 Å². The second kappa shape index (κ2) is 7.29. The molecule has 96 valence electrons. The number of hydrogen-bond acceptors (Lipinski definition) is 2. The summed E-state index contributed by atoms with van der Waals surface area (Å²) < 4.78 is 0. The fourth-order valence-corrected chi connectivity index (χ4v) is 2.67. The Morgan fingerprint density at radius 1 is 1.31 bits per heavy atom. The molecule has 0 heterocycles. The Labute approximate surface area is 102 Å². The smallest absolute Gasteiger partial charge is 0.00510 e. The molecular formula is C14H30N2. The van der Waals surface area contributed by atoms with Crippen LogP contribution >= 0.6 is 0 Å². The Morgan fingerprint density at radius 2 is 2.06 bits per heavy atom. The summed E-state index contributed by atoms with van der Waals surface area (Å²) in [6.45, 7) is 7.14. The predicted molar refractivity (Wildman–Crippen MR) is 71.8 cm³/mol. The topological polar surface area (TPSA) is 15.3 Å². The van der Waals surface area contributed by atoms with Crippen LogP contribution in [0.3, 0.4) is 0 Å². The molecule has 1 saturated carbocycles. The molecule has 1 rings (SSSR count). The van der Waals surface area contributed by atoms with Crippen LogP contribution in [0.5, 0.6) is 0 Å². The molecule has 0 aromatic rings. The highest BCUT2D eigenvalue weighted by molar-refractivity contribution is 4.74. The summed E-state index contributed by atoms with van der Waals surface area (Å²) in [6, 6.07) is 0.666. The highest BCUT2D eigenvalue weighted by atomic mass is 15.1. The predicted octanol–water partition coefficient (Wildman–Crippen LogP) is 2.74. The molecule has 3 unspecified atom stereocenters. The van der Waals surface area contributed by atoms with Gasteiger partial charge >= 0.3 is 0 Å². The summed E-state index contributed by atoms with van der Waals surface area (Å²) in [7, 11) is 4.30. The van der Waals surface area contributed by atoms with E-state index in [1.165, 1.54) is 45.2 Å². The lowest BCUT2D eigenvalue weighted by Crippen LogP contribution is -2.34. The fourth-order valence-electron chi connectivity index (χ4n) is 2.67. The van der Waals surface area contributed by atoms with Gasteiger partial charge in [-0.1, -0.05) is 19.8 Å². The van der Waals surface area contributed by atoms with Crippen molar-refractivity contribution in [3.8, 4) is 0 Å². The SMILES string of the molecule is CC1CCCC(CNC(C)CCN(C)C)C1. The fraction of sp³-hybridized carbons (Fsp3) is 1.00. The Bertz CT molecular complexity index is 180. The van der Waals surface area contributed by atoms with Crippen LogP contribution in [-0.4, -0.2) is 38.1 Å². The average Bonchev–Trinajstić information content (AvgIpc) is 2.23. The summed E-state index contributed by atoms with van der Waals surface area (Å²) >= 11 is 0. The maximum Gasteiger partial charge on any atom is 0.00510 e. The number of nitrogens with zero attached hydrogens (tertiary/aromatic N) is 1. The summed E-state index contributed by atoms with van der Waals surface area (Å²) in [4.78, 5) is 2.26. The van der Waals surface area contributed by atoms with E-state index in [-0.39, 0.29) is 0 Å². The lowest BCUT2D eigenvalue weighted by Gasteiger charge is -2.28. The Hall–Kier alpha value is -0.0800. The molecule has 1 aliphatic carbocycles. The molecule has 2 heteroatoms. The van der Waals surface area contributed by atoms with E-state index in [1.807, 2.05) is 0 Å². The molecule has 0 spiro atoms. The van der Waals surface area contributed by atoms with Crippen LogP contribution in [0.15, 0.2) is 0 Å². The van der Waals surface area contributed by atoms with Gasteiger partial charge in [0.25, 0.3) is 0 Å². The maximum atomic E-state index is 3.70. The van der Waals surface area contributed by atoms with E-state index in [0.717, 1.165) is 11.8 Å². The summed E-state index contributed by atoms with van der Waals surface area (Å²) in [6.07, 6.45) is 7.03. The van der Waals surface area contributed by atoms with Crippen LogP contribution in [-0.2, 0) is 0 Å². The minimum atomic E-state index is 0.666. The van der Waals surface area contributed by atoms with E-state index in [0.29, 0.717) is 6.04 Å². The quantitative estimate of drug-likeness (QED) is 0.749. The van der Waals surface area contributed by atoms with E-state index < -0.39 is 0 Å². The van der Waals surface area contributed by atoms with Gasteiger partial charge in [-0.3, -0.25) is 0 Å². The molecular weight excluding hydrogens is 196 g/mol. The Balaban J connectivity index is 2.08. The van der Waals surface area contributed by atoms with Crippen LogP contribution in [0.2, 0.25) is 0 Å². The van der Waals surface area contributed by atoms with Crippen molar-refractivity contribution in [2.24, 2.45) is 11.8 Å². The molecule has 0 amide bonds. The van der Waals surface area contributed by atoms with Crippen LogP contribution in [0.1, 0.15) is 46.0 Å². The van der Waals surface area contributed by atoms with Crippen molar-refractivity contribution in [3.63, 3.8) is 0 Å². The standard InChI is InChI=1S/C14H30N2/c1-12-6-5-7-14(10-12)11-15-13(2)8-9-16(3)4/h12-15H,5-11H2,1-4H3. The highest BCUT2D eigenvalue weighted by Crippen LogP contribution is 2.27. The van der Waals surface area contributed by atoms with Crippen LogP contribution in [0.4, 0.5) is 0 Å². The minimum absolute atomic E-state index is 0.666. The van der Waals surface area contributed by atoms with Crippen LogP contribution in [0.25, 0.3) is 0 Å².